The van der Waals surface area contributed by atoms with Gasteiger partial charge < -0.3 is 14.7 Å². The van der Waals surface area contributed by atoms with E-state index in [0.29, 0.717) is 19.6 Å². The smallest absolute Gasteiger partial charge is 0.290 e. The summed E-state index contributed by atoms with van der Waals surface area (Å²) in [5.41, 5.74) is -0.0564. The lowest BCUT2D eigenvalue weighted by molar-refractivity contribution is -0.385. The van der Waals surface area contributed by atoms with E-state index in [9.17, 15) is 24.8 Å². The van der Waals surface area contributed by atoms with E-state index in [1.165, 1.54) is 30.0 Å². The molecule has 2 aliphatic rings. The molecule has 9 heteroatoms. The number of carbonyl (C=O) groups is 2. The lowest BCUT2D eigenvalue weighted by Gasteiger charge is -2.29. The van der Waals surface area contributed by atoms with Gasteiger partial charge in [0.1, 0.15) is 0 Å². The van der Waals surface area contributed by atoms with Gasteiger partial charge in [0.15, 0.2) is 11.5 Å². The number of nitro groups is 1. The number of ether oxygens (including phenoxy) is 1. The number of nitrogens with zero attached hydrogens (tertiary/aromatic N) is 3. The number of para-hydroxylation sites is 1. The Bertz CT molecular complexity index is 816. The molecule has 1 saturated heterocycles. The van der Waals surface area contributed by atoms with Gasteiger partial charge in [0.25, 0.3) is 11.6 Å². The van der Waals surface area contributed by atoms with Gasteiger partial charge in [-0.3, -0.25) is 24.6 Å². The highest BCUT2D eigenvalue weighted by Crippen LogP contribution is 2.41. The Labute approximate surface area is 162 Å². The average molecular weight is 389 g/mol. The molecular formula is C19H23N3O6. The van der Waals surface area contributed by atoms with Gasteiger partial charge in [-0.05, 0) is 19.4 Å². The molecule has 0 spiro atoms. The quantitative estimate of drug-likeness (QED) is 0.557. The predicted octanol–water partition coefficient (Wildman–Crippen LogP) is 1.60. The minimum atomic E-state index is -0.962. The first-order chi connectivity index (χ1) is 13.4. The van der Waals surface area contributed by atoms with Crippen LogP contribution in [-0.2, 0) is 14.3 Å². The van der Waals surface area contributed by atoms with Crippen LogP contribution in [0.3, 0.4) is 0 Å². The van der Waals surface area contributed by atoms with Crippen LogP contribution in [0.5, 0.6) is 0 Å². The summed E-state index contributed by atoms with van der Waals surface area (Å²) >= 11 is 0. The Balaban J connectivity index is 1.87. The fourth-order valence-electron chi connectivity index (χ4n) is 3.74. The zero-order chi connectivity index (χ0) is 20.3. The SMILES string of the molecule is CC(=O)C1=C(O)C(=O)N(CCCN2CCOCC2)[C@@H]1c1ccccc1[N+](=O)[O-]. The summed E-state index contributed by atoms with van der Waals surface area (Å²) in [6.07, 6.45) is 0.612. The molecule has 2 aliphatic heterocycles. The van der Waals surface area contributed by atoms with Crippen molar-refractivity contribution in [2.24, 2.45) is 0 Å². The maximum atomic E-state index is 12.6. The van der Waals surface area contributed by atoms with E-state index in [-0.39, 0.29) is 23.4 Å². The van der Waals surface area contributed by atoms with Gasteiger partial charge in [-0.2, -0.15) is 0 Å². The molecule has 1 aromatic rings. The van der Waals surface area contributed by atoms with Crippen LogP contribution in [0.2, 0.25) is 0 Å². The van der Waals surface area contributed by atoms with Gasteiger partial charge in [0.05, 0.1) is 35.3 Å². The Kier molecular flexibility index (Phi) is 6.05. The Morgan fingerprint density at radius 2 is 1.96 bits per heavy atom. The van der Waals surface area contributed by atoms with Gasteiger partial charge in [-0.15, -0.1) is 0 Å². The van der Waals surface area contributed by atoms with Crippen LogP contribution in [0.1, 0.15) is 24.9 Å². The topological polar surface area (TPSA) is 113 Å². The van der Waals surface area contributed by atoms with Crippen molar-refractivity contribution in [3.05, 3.63) is 51.3 Å². The first kappa shape index (κ1) is 20.0. The second-order valence-corrected chi connectivity index (χ2v) is 6.84. The molecule has 150 valence electrons. The number of ketones is 1. The molecule has 1 fully saturated rings. The summed E-state index contributed by atoms with van der Waals surface area (Å²) in [5, 5.41) is 21.7. The summed E-state index contributed by atoms with van der Waals surface area (Å²) in [7, 11) is 0. The van der Waals surface area contributed by atoms with Crippen LogP contribution in [0, 0.1) is 10.1 Å². The standard InChI is InChI=1S/C19H23N3O6/c1-13(23)16-17(14-5-2-3-6-15(14)22(26)27)21(19(25)18(16)24)8-4-7-20-9-11-28-12-10-20/h2-3,5-6,17,24H,4,7-12H2,1H3/t17-/m1/s1. The van der Waals surface area contributed by atoms with Crippen LogP contribution in [0.4, 0.5) is 5.69 Å². The monoisotopic (exact) mass is 389 g/mol. The van der Waals surface area contributed by atoms with Crippen LogP contribution >= 0.6 is 0 Å². The molecule has 0 aromatic heterocycles. The Hall–Kier alpha value is -2.78. The number of hydrogen-bond acceptors (Lipinski definition) is 7. The molecule has 0 aliphatic carbocycles. The highest BCUT2D eigenvalue weighted by Gasteiger charge is 2.44. The number of aliphatic hydroxyl groups excluding tert-OH is 1. The lowest BCUT2D eigenvalue weighted by Crippen LogP contribution is -2.39. The van der Waals surface area contributed by atoms with Crippen molar-refractivity contribution < 1.29 is 24.4 Å². The number of Topliss-reactive ketones (excluding diaryl/α,β-unsaturated/α-hetero) is 1. The van der Waals surface area contributed by atoms with Crippen molar-refractivity contribution >= 4 is 17.4 Å². The minimum absolute atomic E-state index is 0.0920. The zero-order valence-corrected chi connectivity index (χ0v) is 15.7. The van der Waals surface area contributed by atoms with Crippen molar-refractivity contribution in [3.63, 3.8) is 0 Å². The minimum Gasteiger partial charge on any atom is -0.503 e. The average Bonchev–Trinajstić information content (AvgIpc) is 2.94. The van der Waals surface area contributed by atoms with Crippen molar-refractivity contribution in [2.75, 3.05) is 39.4 Å². The number of amides is 1. The first-order valence-electron chi connectivity index (χ1n) is 9.20. The van der Waals surface area contributed by atoms with Crippen molar-refractivity contribution in [1.82, 2.24) is 9.80 Å². The van der Waals surface area contributed by atoms with Gasteiger partial charge in [-0.1, -0.05) is 12.1 Å². The van der Waals surface area contributed by atoms with E-state index in [1.54, 1.807) is 6.07 Å². The maximum absolute atomic E-state index is 12.6. The molecular weight excluding hydrogens is 366 g/mol. The first-order valence-corrected chi connectivity index (χ1v) is 9.20. The third-order valence-electron chi connectivity index (χ3n) is 5.09. The van der Waals surface area contributed by atoms with E-state index in [0.717, 1.165) is 19.6 Å². The Morgan fingerprint density at radius 1 is 1.29 bits per heavy atom. The molecule has 0 unspecified atom stereocenters. The van der Waals surface area contributed by atoms with Gasteiger partial charge in [-0.25, -0.2) is 0 Å². The van der Waals surface area contributed by atoms with Crippen LogP contribution in [0.25, 0.3) is 0 Å². The maximum Gasteiger partial charge on any atom is 0.290 e. The molecule has 1 N–H and O–H groups in total. The van der Waals surface area contributed by atoms with E-state index < -0.39 is 28.4 Å². The van der Waals surface area contributed by atoms with Gasteiger partial charge in [0, 0.05) is 32.2 Å². The molecule has 28 heavy (non-hydrogen) atoms. The highest BCUT2D eigenvalue weighted by atomic mass is 16.6. The Morgan fingerprint density at radius 3 is 2.61 bits per heavy atom. The summed E-state index contributed by atoms with van der Waals surface area (Å²) in [6.45, 7) is 5.20. The third kappa shape index (κ3) is 3.90. The van der Waals surface area contributed by atoms with Gasteiger partial charge >= 0.3 is 0 Å². The molecule has 9 nitrogen and oxygen atoms in total. The van der Waals surface area contributed by atoms with E-state index in [2.05, 4.69) is 4.90 Å². The number of carbonyl (C=O) groups excluding carboxylic acids is 2. The second kappa shape index (κ2) is 8.49. The molecule has 2 heterocycles. The van der Waals surface area contributed by atoms with E-state index >= 15 is 0 Å². The second-order valence-electron chi connectivity index (χ2n) is 6.84. The molecule has 1 atom stereocenters. The number of rotatable bonds is 7. The normalized spacial score (nSPS) is 20.7. The van der Waals surface area contributed by atoms with Crippen molar-refractivity contribution in [3.8, 4) is 0 Å². The van der Waals surface area contributed by atoms with E-state index in [1.807, 2.05) is 0 Å². The van der Waals surface area contributed by atoms with Crippen LogP contribution < -0.4 is 0 Å². The number of benzene rings is 1. The molecule has 0 saturated carbocycles. The largest absolute Gasteiger partial charge is 0.503 e. The molecule has 1 aromatic carbocycles. The zero-order valence-electron chi connectivity index (χ0n) is 15.7. The lowest BCUT2D eigenvalue weighted by atomic mass is 9.95. The summed E-state index contributed by atoms with van der Waals surface area (Å²) < 4.78 is 5.31. The van der Waals surface area contributed by atoms with E-state index in [4.69, 9.17) is 4.74 Å². The number of morpholine rings is 1. The number of aliphatic hydroxyl groups is 1. The van der Waals surface area contributed by atoms with Crippen molar-refractivity contribution in [2.45, 2.75) is 19.4 Å². The number of nitro benzene ring substituents is 1. The summed E-state index contributed by atoms with van der Waals surface area (Å²) in [6, 6.07) is 5.03. The van der Waals surface area contributed by atoms with Gasteiger partial charge in [0.2, 0.25) is 0 Å². The molecule has 3 rings (SSSR count). The highest BCUT2D eigenvalue weighted by molar-refractivity contribution is 6.08. The van der Waals surface area contributed by atoms with Crippen LogP contribution in [0.15, 0.2) is 35.6 Å². The summed E-state index contributed by atoms with van der Waals surface area (Å²) in [5.74, 6) is -1.78. The summed E-state index contributed by atoms with van der Waals surface area (Å²) in [4.78, 5) is 39.3. The van der Waals surface area contributed by atoms with Crippen molar-refractivity contribution in [1.29, 1.82) is 0 Å². The fraction of sp³-hybridized carbons (Fsp3) is 0.474. The molecule has 0 bridgehead atoms. The van der Waals surface area contributed by atoms with Crippen LogP contribution in [-0.4, -0.2) is 70.9 Å². The molecule has 1 amide bonds. The third-order valence-corrected chi connectivity index (χ3v) is 5.09. The number of hydrogen-bond donors (Lipinski definition) is 1. The fourth-order valence-corrected chi connectivity index (χ4v) is 3.74. The molecule has 0 radical (unpaired) electrons. The predicted molar refractivity (Wildman–Crippen MR) is 99.8 cm³/mol.